The van der Waals surface area contributed by atoms with Crippen LogP contribution < -0.4 is 11.0 Å². The van der Waals surface area contributed by atoms with Crippen LogP contribution in [-0.2, 0) is 0 Å². The van der Waals surface area contributed by atoms with E-state index in [0.29, 0.717) is 16.5 Å². The van der Waals surface area contributed by atoms with Crippen molar-refractivity contribution in [3.63, 3.8) is 0 Å². The molecule has 1 aromatic heterocycles. The molecule has 0 saturated heterocycles. The number of hydrogen-bond donors (Lipinski definition) is 2. The molecule has 4 aromatic rings. The highest BCUT2D eigenvalue weighted by atomic mass is 16.2. The van der Waals surface area contributed by atoms with Gasteiger partial charge in [0.15, 0.2) is 0 Å². The van der Waals surface area contributed by atoms with E-state index in [0.717, 1.165) is 16.3 Å². The van der Waals surface area contributed by atoms with Crippen LogP contribution in [0, 0.1) is 0 Å². The zero-order valence-corrected chi connectivity index (χ0v) is 13.8. The van der Waals surface area contributed by atoms with Crippen molar-refractivity contribution in [3.8, 4) is 0 Å². The molecule has 26 heavy (non-hydrogen) atoms. The highest BCUT2D eigenvalue weighted by molar-refractivity contribution is 6.06. The van der Waals surface area contributed by atoms with Gasteiger partial charge in [-0.15, -0.1) is 0 Å². The van der Waals surface area contributed by atoms with Crippen LogP contribution in [0.15, 0.2) is 82.7 Å². The first-order valence-corrected chi connectivity index (χ1v) is 8.15. The number of amides is 1. The third-order valence-electron chi connectivity index (χ3n) is 4.19. The van der Waals surface area contributed by atoms with Gasteiger partial charge in [-0.1, -0.05) is 60.7 Å². The Labute approximate surface area is 149 Å². The number of aromatic nitrogens is 1. The Morgan fingerprint density at radius 1 is 0.923 bits per heavy atom. The Balaban J connectivity index is 1.63. The highest BCUT2D eigenvalue weighted by Crippen LogP contribution is 2.17. The predicted molar refractivity (Wildman–Crippen MR) is 104 cm³/mol. The second-order valence-electron chi connectivity index (χ2n) is 5.86. The predicted octanol–water partition coefficient (Wildman–Crippen LogP) is 3.45. The first-order valence-electron chi connectivity index (χ1n) is 8.15. The van der Waals surface area contributed by atoms with Crippen molar-refractivity contribution >= 4 is 33.8 Å². The lowest BCUT2D eigenvalue weighted by atomic mass is 10.1. The first kappa shape index (κ1) is 15.8. The fourth-order valence-corrected chi connectivity index (χ4v) is 2.98. The molecule has 5 nitrogen and oxygen atoms in total. The molecule has 0 unspecified atom stereocenters. The van der Waals surface area contributed by atoms with Crippen molar-refractivity contribution in [1.82, 2.24) is 10.4 Å². The van der Waals surface area contributed by atoms with Crippen molar-refractivity contribution in [2.45, 2.75) is 0 Å². The Kier molecular flexibility index (Phi) is 4.03. The number of fused-ring (bicyclic) bond motifs is 2. The van der Waals surface area contributed by atoms with Gasteiger partial charge in [-0.05, 0) is 16.8 Å². The van der Waals surface area contributed by atoms with Crippen LogP contribution >= 0.6 is 0 Å². The molecule has 0 radical (unpaired) electrons. The van der Waals surface area contributed by atoms with E-state index in [9.17, 15) is 9.59 Å². The van der Waals surface area contributed by atoms with E-state index in [1.807, 2.05) is 48.5 Å². The average molecular weight is 341 g/mol. The molecule has 0 fully saturated rings. The Hall–Kier alpha value is -3.73. The number of nitrogens with one attached hydrogen (secondary N) is 2. The van der Waals surface area contributed by atoms with Crippen molar-refractivity contribution in [2.75, 3.05) is 0 Å². The zero-order valence-electron chi connectivity index (χ0n) is 13.8. The zero-order chi connectivity index (χ0) is 17.9. The second kappa shape index (κ2) is 6.64. The monoisotopic (exact) mass is 341 g/mol. The summed E-state index contributed by atoms with van der Waals surface area (Å²) in [5.74, 6) is -0.427. The van der Waals surface area contributed by atoms with E-state index >= 15 is 0 Å². The molecular formula is C21H15N3O2. The van der Waals surface area contributed by atoms with E-state index in [-0.39, 0.29) is 5.56 Å². The number of aromatic amines is 1. The summed E-state index contributed by atoms with van der Waals surface area (Å²) in [6.07, 6.45) is 1.61. The van der Waals surface area contributed by atoms with Crippen LogP contribution in [0.4, 0.5) is 0 Å². The smallest absolute Gasteiger partial charge is 0.272 e. The number of benzene rings is 3. The summed E-state index contributed by atoms with van der Waals surface area (Å²) >= 11 is 0. The number of carbonyl (C=O) groups excluding carboxylic acids is 1. The number of rotatable bonds is 3. The first-order chi connectivity index (χ1) is 12.7. The van der Waals surface area contributed by atoms with Crippen LogP contribution in [0.5, 0.6) is 0 Å². The van der Waals surface area contributed by atoms with Crippen molar-refractivity contribution < 1.29 is 4.79 Å². The van der Waals surface area contributed by atoms with E-state index < -0.39 is 5.91 Å². The average Bonchev–Trinajstić information content (AvgIpc) is 2.67. The van der Waals surface area contributed by atoms with E-state index in [2.05, 4.69) is 15.5 Å². The van der Waals surface area contributed by atoms with Gasteiger partial charge in [0.2, 0.25) is 5.56 Å². The highest BCUT2D eigenvalue weighted by Gasteiger charge is 2.10. The van der Waals surface area contributed by atoms with Gasteiger partial charge >= 0.3 is 0 Å². The maximum atomic E-state index is 12.5. The van der Waals surface area contributed by atoms with Crippen molar-refractivity contribution in [2.24, 2.45) is 5.10 Å². The normalized spacial score (nSPS) is 11.2. The summed E-state index contributed by atoms with van der Waals surface area (Å²) < 4.78 is 0. The number of hydrogen-bond acceptors (Lipinski definition) is 3. The van der Waals surface area contributed by atoms with Gasteiger partial charge in [-0.3, -0.25) is 9.59 Å². The number of para-hydroxylation sites is 1. The minimum absolute atomic E-state index is 0.291. The molecule has 5 heteroatoms. The lowest BCUT2D eigenvalue weighted by molar-refractivity contribution is 0.0956. The maximum absolute atomic E-state index is 12.5. The molecule has 0 saturated carbocycles. The van der Waals surface area contributed by atoms with Gasteiger partial charge in [0, 0.05) is 22.5 Å². The third kappa shape index (κ3) is 2.98. The third-order valence-corrected chi connectivity index (χ3v) is 4.19. The molecule has 0 bridgehead atoms. The summed E-state index contributed by atoms with van der Waals surface area (Å²) in [4.78, 5) is 27.0. The number of H-pyrrole nitrogens is 1. The van der Waals surface area contributed by atoms with Crippen LogP contribution in [0.1, 0.15) is 15.9 Å². The van der Waals surface area contributed by atoms with E-state index in [4.69, 9.17) is 0 Å². The molecule has 1 amide bonds. The van der Waals surface area contributed by atoms with Gasteiger partial charge in [-0.2, -0.15) is 5.10 Å². The molecule has 126 valence electrons. The largest absolute Gasteiger partial charge is 0.322 e. The summed E-state index contributed by atoms with van der Waals surface area (Å²) in [5, 5.41) is 6.89. The molecule has 0 aliphatic rings. The van der Waals surface area contributed by atoms with Crippen molar-refractivity contribution in [3.05, 3.63) is 94.3 Å². The second-order valence-corrected chi connectivity index (χ2v) is 5.86. The van der Waals surface area contributed by atoms with Crippen LogP contribution in [0.2, 0.25) is 0 Å². The molecule has 0 spiro atoms. The number of pyridine rings is 1. The van der Waals surface area contributed by atoms with Gasteiger partial charge in [0.25, 0.3) is 5.91 Å². The lowest BCUT2D eigenvalue weighted by Crippen LogP contribution is -2.20. The SMILES string of the molecule is O=C(N/N=C\c1cccc2ccccc12)c1cc(=O)[nH]c2ccccc12. The molecule has 0 aliphatic carbocycles. The van der Waals surface area contributed by atoms with Crippen molar-refractivity contribution in [1.29, 1.82) is 0 Å². The summed E-state index contributed by atoms with van der Waals surface area (Å²) in [5.41, 5.74) is 3.99. The molecule has 4 rings (SSSR count). The summed E-state index contributed by atoms with van der Waals surface area (Å²) in [7, 11) is 0. The topological polar surface area (TPSA) is 74.3 Å². The van der Waals surface area contributed by atoms with Crippen LogP contribution in [0.25, 0.3) is 21.7 Å². The molecule has 1 heterocycles. The maximum Gasteiger partial charge on any atom is 0.272 e. The summed E-state index contributed by atoms with van der Waals surface area (Å²) in [6.45, 7) is 0. The Morgan fingerprint density at radius 3 is 2.54 bits per heavy atom. The van der Waals surface area contributed by atoms with E-state index in [1.165, 1.54) is 6.07 Å². The minimum atomic E-state index is -0.427. The van der Waals surface area contributed by atoms with E-state index in [1.54, 1.807) is 24.4 Å². The standard InChI is InChI=1S/C21H15N3O2/c25-20-12-18(17-10-3-4-11-19(17)23-20)21(26)24-22-13-15-8-5-7-14-6-1-2-9-16(14)15/h1-13H,(H,23,25)(H,24,26)/b22-13-. The van der Waals surface area contributed by atoms with Gasteiger partial charge in [0.05, 0.1) is 11.8 Å². The van der Waals surface area contributed by atoms with Gasteiger partial charge < -0.3 is 4.98 Å². The number of nitrogens with zero attached hydrogens (tertiary/aromatic N) is 1. The number of carbonyl (C=O) groups is 1. The Bertz CT molecular complexity index is 1200. The number of hydrazone groups is 1. The fourth-order valence-electron chi connectivity index (χ4n) is 2.98. The van der Waals surface area contributed by atoms with Crippen LogP contribution in [0.3, 0.4) is 0 Å². The summed E-state index contributed by atoms with van der Waals surface area (Å²) in [6, 6.07) is 22.3. The quantitative estimate of drug-likeness (QED) is 0.442. The molecule has 3 aromatic carbocycles. The van der Waals surface area contributed by atoms with Crippen LogP contribution in [-0.4, -0.2) is 17.1 Å². The molecule has 0 atom stereocenters. The molecular weight excluding hydrogens is 326 g/mol. The molecule has 0 aliphatic heterocycles. The van der Waals surface area contributed by atoms with Gasteiger partial charge in [-0.25, -0.2) is 5.43 Å². The fraction of sp³-hybridized carbons (Fsp3) is 0. The van der Waals surface area contributed by atoms with Gasteiger partial charge in [0.1, 0.15) is 0 Å². The Morgan fingerprint density at radius 2 is 1.65 bits per heavy atom. The lowest BCUT2D eigenvalue weighted by Gasteiger charge is -2.05. The minimum Gasteiger partial charge on any atom is -0.322 e. The molecule has 2 N–H and O–H groups in total.